The van der Waals surface area contributed by atoms with Gasteiger partial charge in [-0.1, -0.05) is 60.7 Å². The molecule has 168 valence electrons. The summed E-state index contributed by atoms with van der Waals surface area (Å²) >= 11 is 2.62. The molecule has 2 aromatic heterocycles. The highest BCUT2D eigenvalue weighted by atomic mass is 32.2. The van der Waals surface area contributed by atoms with E-state index in [1.807, 2.05) is 60.0 Å². The van der Waals surface area contributed by atoms with Crippen molar-refractivity contribution in [1.29, 1.82) is 0 Å². The first kappa shape index (κ1) is 22.0. The molecular weight excluding hydrogens is 476 g/mol. The standard InChI is InChI=1S/C24H20N2O4S3/c27-24(30-15-20-16-32-23(25-20)17-7-2-1-3-8-17)21-13-18-9-4-5-10-19(18)14-26(21)33(28,29)22-11-6-12-31-22/h1-12,16,21H,13-15H2/t21-/m1/s1. The molecule has 4 aromatic rings. The Labute approximate surface area is 200 Å². The number of thiazole rings is 1. The molecule has 9 heteroatoms. The largest absolute Gasteiger partial charge is 0.458 e. The van der Waals surface area contributed by atoms with Gasteiger partial charge in [-0.2, -0.15) is 4.31 Å². The van der Waals surface area contributed by atoms with Gasteiger partial charge in [0, 0.05) is 23.9 Å². The normalized spacial score (nSPS) is 16.3. The van der Waals surface area contributed by atoms with Crippen molar-refractivity contribution in [3.63, 3.8) is 0 Å². The zero-order valence-electron chi connectivity index (χ0n) is 17.5. The number of carbonyl (C=O) groups is 1. The molecule has 5 rings (SSSR count). The predicted octanol–water partition coefficient (Wildman–Crippen LogP) is 4.73. The van der Waals surface area contributed by atoms with E-state index in [-0.39, 0.29) is 23.8 Å². The second kappa shape index (κ2) is 9.18. The number of thiophene rings is 1. The summed E-state index contributed by atoms with van der Waals surface area (Å²) in [6, 6.07) is 19.7. The van der Waals surface area contributed by atoms with E-state index in [9.17, 15) is 13.2 Å². The Morgan fingerprint density at radius 2 is 1.76 bits per heavy atom. The minimum absolute atomic E-state index is 0.00674. The number of hydrogen-bond acceptors (Lipinski definition) is 7. The number of nitrogens with zero attached hydrogens (tertiary/aromatic N) is 2. The van der Waals surface area contributed by atoms with Crippen LogP contribution in [0.1, 0.15) is 16.8 Å². The van der Waals surface area contributed by atoms with E-state index in [1.54, 1.807) is 17.5 Å². The number of benzene rings is 2. The summed E-state index contributed by atoms with van der Waals surface area (Å²) in [6.07, 6.45) is 0.270. The summed E-state index contributed by atoms with van der Waals surface area (Å²) in [4.78, 5) is 17.7. The molecule has 2 aromatic carbocycles. The van der Waals surface area contributed by atoms with Gasteiger partial charge in [-0.15, -0.1) is 22.7 Å². The Hall–Kier alpha value is -2.85. The van der Waals surface area contributed by atoms with Gasteiger partial charge in [-0.05, 0) is 22.6 Å². The van der Waals surface area contributed by atoms with Crippen LogP contribution in [0.25, 0.3) is 10.6 Å². The molecule has 6 nitrogen and oxygen atoms in total. The molecule has 0 aliphatic carbocycles. The lowest BCUT2D eigenvalue weighted by molar-refractivity contribution is -0.150. The van der Waals surface area contributed by atoms with Gasteiger partial charge in [-0.3, -0.25) is 4.79 Å². The Balaban J connectivity index is 1.37. The van der Waals surface area contributed by atoms with Crippen LogP contribution in [0.5, 0.6) is 0 Å². The highest BCUT2D eigenvalue weighted by molar-refractivity contribution is 7.91. The second-order valence-corrected chi connectivity index (χ2v) is 11.5. The molecule has 1 aliphatic rings. The number of fused-ring (bicyclic) bond motifs is 1. The third kappa shape index (κ3) is 4.49. The van der Waals surface area contributed by atoms with Crippen molar-refractivity contribution in [2.45, 2.75) is 29.8 Å². The maximum atomic E-state index is 13.3. The van der Waals surface area contributed by atoms with E-state index in [2.05, 4.69) is 4.98 Å². The fraction of sp³-hybridized carbons (Fsp3) is 0.167. The highest BCUT2D eigenvalue weighted by Crippen LogP contribution is 2.31. The zero-order valence-corrected chi connectivity index (χ0v) is 19.9. The van der Waals surface area contributed by atoms with Crippen molar-refractivity contribution in [3.8, 4) is 10.6 Å². The van der Waals surface area contributed by atoms with E-state index in [4.69, 9.17) is 4.74 Å². The number of rotatable bonds is 6. The Bertz CT molecular complexity index is 1370. The summed E-state index contributed by atoms with van der Waals surface area (Å²) in [5.41, 5.74) is 3.49. The van der Waals surface area contributed by atoms with E-state index in [0.717, 1.165) is 33.0 Å². The van der Waals surface area contributed by atoms with Crippen LogP contribution in [0, 0.1) is 0 Å². The van der Waals surface area contributed by atoms with Crippen molar-refractivity contribution in [2.75, 3.05) is 0 Å². The number of hydrogen-bond donors (Lipinski definition) is 0. The van der Waals surface area contributed by atoms with Gasteiger partial charge in [0.25, 0.3) is 10.0 Å². The Kier molecular flexibility index (Phi) is 6.11. The molecule has 1 atom stereocenters. The van der Waals surface area contributed by atoms with Gasteiger partial charge in [-0.25, -0.2) is 13.4 Å². The average Bonchev–Trinajstić information content (AvgIpc) is 3.55. The van der Waals surface area contributed by atoms with Crippen LogP contribution in [0.4, 0.5) is 0 Å². The molecule has 0 fully saturated rings. The Morgan fingerprint density at radius 1 is 1.00 bits per heavy atom. The van der Waals surface area contributed by atoms with Crippen LogP contribution in [0.3, 0.4) is 0 Å². The van der Waals surface area contributed by atoms with Crippen LogP contribution in [0.2, 0.25) is 0 Å². The summed E-state index contributed by atoms with van der Waals surface area (Å²) in [5, 5.41) is 4.41. The summed E-state index contributed by atoms with van der Waals surface area (Å²) in [6.45, 7) is 0.123. The lowest BCUT2D eigenvalue weighted by atomic mass is 9.96. The summed E-state index contributed by atoms with van der Waals surface area (Å²) < 4.78 is 33.7. The van der Waals surface area contributed by atoms with Crippen LogP contribution in [0.15, 0.2) is 81.7 Å². The van der Waals surface area contributed by atoms with Crippen molar-refractivity contribution in [3.05, 3.63) is 94.3 Å². The monoisotopic (exact) mass is 496 g/mol. The fourth-order valence-corrected chi connectivity index (χ4v) is 7.29. The molecule has 0 bridgehead atoms. The molecule has 0 amide bonds. The average molecular weight is 497 g/mol. The molecule has 0 spiro atoms. The lowest BCUT2D eigenvalue weighted by Gasteiger charge is -2.34. The quantitative estimate of drug-likeness (QED) is 0.361. The van der Waals surface area contributed by atoms with Gasteiger partial charge in [0.05, 0.1) is 5.69 Å². The van der Waals surface area contributed by atoms with Gasteiger partial charge >= 0.3 is 5.97 Å². The molecule has 33 heavy (non-hydrogen) atoms. The summed E-state index contributed by atoms with van der Waals surface area (Å²) in [7, 11) is -3.83. The molecule has 0 unspecified atom stereocenters. The van der Waals surface area contributed by atoms with Crippen LogP contribution < -0.4 is 0 Å². The molecule has 0 radical (unpaired) electrons. The van der Waals surface area contributed by atoms with Crippen LogP contribution >= 0.6 is 22.7 Å². The third-order valence-corrected chi connectivity index (χ3v) is 9.64. The molecule has 1 aliphatic heterocycles. The van der Waals surface area contributed by atoms with Crippen LogP contribution in [-0.2, 0) is 39.1 Å². The minimum Gasteiger partial charge on any atom is -0.458 e. The van der Waals surface area contributed by atoms with Crippen molar-refractivity contribution >= 4 is 38.7 Å². The first-order valence-corrected chi connectivity index (χ1v) is 13.5. The highest BCUT2D eigenvalue weighted by Gasteiger charge is 2.41. The van der Waals surface area contributed by atoms with Gasteiger partial charge in [0.1, 0.15) is 21.9 Å². The van der Waals surface area contributed by atoms with Crippen molar-refractivity contribution in [1.82, 2.24) is 9.29 Å². The molecule has 3 heterocycles. The number of sulfonamides is 1. The van der Waals surface area contributed by atoms with Gasteiger partial charge in [0.15, 0.2) is 0 Å². The number of ether oxygens (including phenoxy) is 1. The lowest BCUT2D eigenvalue weighted by Crippen LogP contribution is -2.49. The SMILES string of the molecule is O=C(OCc1csc(-c2ccccc2)n1)[C@H]1Cc2ccccc2CN1S(=O)(=O)c1cccs1. The maximum Gasteiger partial charge on any atom is 0.325 e. The van der Waals surface area contributed by atoms with E-state index >= 15 is 0 Å². The number of aromatic nitrogens is 1. The predicted molar refractivity (Wildman–Crippen MR) is 128 cm³/mol. The first-order valence-electron chi connectivity index (χ1n) is 10.3. The van der Waals surface area contributed by atoms with Crippen LogP contribution in [-0.4, -0.2) is 29.7 Å². The minimum atomic E-state index is -3.83. The van der Waals surface area contributed by atoms with Crippen molar-refractivity contribution < 1.29 is 17.9 Å². The van der Waals surface area contributed by atoms with E-state index < -0.39 is 22.0 Å². The first-order chi connectivity index (χ1) is 16.0. The Morgan fingerprint density at radius 3 is 2.52 bits per heavy atom. The summed E-state index contributed by atoms with van der Waals surface area (Å²) in [5.74, 6) is -0.570. The fourth-order valence-electron chi connectivity index (χ4n) is 3.81. The van der Waals surface area contributed by atoms with E-state index in [0.29, 0.717) is 5.69 Å². The third-order valence-electron chi connectivity index (χ3n) is 5.47. The van der Waals surface area contributed by atoms with Gasteiger partial charge in [0.2, 0.25) is 0 Å². The van der Waals surface area contributed by atoms with E-state index in [1.165, 1.54) is 15.6 Å². The molecule has 0 N–H and O–H groups in total. The second-order valence-electron chi connectivity index (χ2n) is 7.59. The number of carbonyl (C=O) groups excluding carboxylic acids is 1. The molecule has 0 saturated heterocycles. The molecular formula is C24H20N2O4S3. The maximum absolute atomic E-state index is 13.3. The van der Waals surface area contributed by atoms with Crippen molar-refractivity contribution in [2.24, 2.45) is 0 Å². The molecule has 0 saturated carbocycles. The topological polar surface area (TPSA) is 76.6 Å². The smallest absolute Gasteiger partial charge is 0.325 e. The van der Waals surface area contributed by atoms with Gasteiger partial charge < -0.3 is 4.74 Å². The number of esters is 1. The zero-order chi connectivity index (χ0) is 22.8.